The molecule has 4 nitrogen and oxygen atoms in total. The molecule has 2 rings (SSSR count). The topological polar surface area (TPSA) is 50.4 Å². The SMILES string of the molecule is CC(Nc1ccccc1NC(=O)OC(C)(C)C)c1cc(Br)cs1. The Hall–Kier alpha value is -1.53. The second-order valence-electron chi connectivity index (χ2n) is 6.21. The summed E-state index contributed by atoms with van der Waals surface area (Å²) in [5.41, 5.74) is 1.03. The van der Waals surface area contributed by atoms with Gasteiger partial charge in [0, 0.05) is 14.7 Å². The van der Waals surface area contributed by atoms with Gasteiger partial charge in [-0.05, 0) is 61.8 Å². The summed E-state index contributed by atoms with van der Waals surface area (Å²) in [4.78, 5) is 13.2. The van der Waals surface area contributed by atoms with E-state index in [1.54, 1.807) is 11.3 Å². The molecular weight excluding hydrogens is 376 g/mol. The maximum Gasteiger partial charge on any atom is 0.412 e. The van der Waals surface area contributed by atoms with E-state index in [9.17, 15) is 4.79 Å². The van der Waals surface area contributed by atoms with Gasteiger partial charge in [-0.3, -0.25) is 5.32 Å². The van der Waals surface area contributed by atoms with Crippen LogP contribution in [0, 0.1) is 0 Å². The molecule has 0 fully saturated rings. The number of carbonyl (C=O) groups excluding carboxylic acids is 1. The molecule has 0 saturated heterocycles. The van der Waals surface area contributed by atoms with Crippen LogP contribution in [-0.2, 0) is 4.74 Å². The number of benzene rings is 1. The summed E-state index contributed by atoms with van der Waals surface area (Å²) >= 11 is 5.15. The highest BCUT2D eigenvalue weighted by Gasteiger charge is 2.17. The fourth-order valence-corrected chi connectivity index (χ4v) is 3.44. The number of hydrogen-bond acceptors (Lipinski definition) is 4. The van der Waals surface area contributed by atoms with E-state index in [0.29, 0.717) is 5.69 Å². The molecule has 0 aliphatic heterocycles. The van der Waals surface area contributed by atoms with Gasteiger partial charge in [0.05, 0.1) is 17.4 Å². The minimum absolute atomic E-state index is 0.132. The lowest BCUT2D eigenvalue weighted by Gasteiger charge is -2.21. The van der Waals surface area contributed by atoms with Crippen molar-refractivity contribution >= 4 is 44.7 Å². The summed E-state index contributed by atoms with van der Waals surface area (Å²) < 4.78 is 6.38. The lowest BCUT2D eigenvalue weighted by atomic mass is 10.2. The minimum atomic E-state index is -0.525. The van der Waals surface area contributed by atoms with Gasteiger partial charge in [0.2, 0.25) is 0 Å². The Bertz CT molecular complexity index is 679. The van der Waals surface area contributed by atoms with Crippen LogP contribution >= 0.6 is 27.3 Å². The van der Waals surface area contributed by atoms with Gasteiger partial charge in [-0.15, -0.1) is 11.3 Å². The predicted octanol–water partition coefficient (Wildman–Crippen LogP) is 6.03. The lowest BCUT2D eigenvalue weighted by molar-refractivity contribution is 0.0636. The first-order chi connectivity index (χ1) is 10.7. The highest BCUT2D eigenvalue weighted by Crippen LogP contribution is 2.30. The monoisotopic (exact) mass is 396 g/mol. The highest BCUT2D eigenvalue weighted by molar-refractivity contribution is 9.10. The molecule has 1 heterocycles. The molecule has 0 saturated carbocycles. The summed E-state index contributed by atoms with van der Waals surface area (Å²) in [5, 5.41) is 8.28. The summed E-state index contributed by atoms with van der Waals surface area (Å²) in [6.07, 6.45) is -0.460. The van der Waals surface area contributed by atoms with Gasteiger partial charge >= 0.3 is 6.09 Å². The Morgan fingerprint density at radius 1 is 1.26 bits per heavy atom. The number of hydrogen-bond donors (Lipinski definition) is 2. The summed E-state index contributed by atoms with van der Waals surface area (Å²) in [7, 11) is 0. The van der Waals surface area contributed by atoms with Crippen LogP contribution < -0.4 is 10.6 Å². The zero-order valence-electron chi connectivity index (χ0n) is 13.6. The van der Waals surface area contributed by atoms with E-state index < -0.39 is 11.7 Å². The molecule has 6 heteroatoms. The average molecular weight is 397 g/mol. The van der Waals surface area contributed by atoms with Gasteiger partial charge in [0.15, 0.2) is 0 Å². The number of carbonyl (C=O) groups is 1. The fraction of sp³-hybridized carbons (Fsp3) is 0.353. The zero-order chi connectivity index (χ0) is 17.0. The van der Waals surface area contributed by atoms with Crippen LogP contribution in [0.25, 0.3) is 0 Å². The molecule has 0 bridgehead atoms. The van der Waals surface area contributed by atoms with Crippen LogP contribution in [0.1, 0.15) is 38.6 Å². The van der Waals surface area contributed by atoms with E-state index in [4.69, 9.17) is 4.74 Å². The van der Waals surface area contributed by atoms with E-state index in [0.717, 1.165) is 10.2 Å². The van der Waals surface area contributed by atoms with Gasteiger partial charge in [-0.25, -0.2) is 4.79 Å². The number of rotatable bonds is 4. The molecule has 1 aromatic carbocycles. The quantitative estimate of drug-likeness (QED) is 0.662. The largest absolute Gasteiger partial charge is 0.444 e. The maximum absolute atomic E-state index is 12.0. The van der Waals surface area contributed by atoms with Crippen molar-refractivity contribution < 1.29 is 9.53 Å². The minimum Gasteiger partial charge on any atom is -0.444 e. The third-order valence-corrected chi connectivity index (χ3v) is 4.83. The van der Waals surface area contributed by atoms with Crippen molar-refractivity contribution in [3.8, 4) is 0 Å². The van der Waals surface area contributed by atoms with Crippen molar-refractivity contribution in [1.29, 1.82) is 0 Å². The number of anilines is 2. The maximum atomic E-state index is 12.0. The number of para-hydroxylation sites is 2. The molecule has 0 aliphatic carbocycles. The Labute approximate surface area is 149 Å². The molecule has 124 valence electrons. The first-order valence-electron chi connectivity index (χ1n) is 7.34. The Morgan fingerprint density at radius 3 is 2.48 bits per heavy atom. The normalized spacial score (nSPS) is 12.6. The van der Waals surface area contributed by atoms with Crippen LogP contribution in [0.4, 0.5) is 16.2 Å². The summed E-state index contributed by atoms with van der Waals surface area (Å²) in [5.74, 6) is 0. The van der Waals surface area contributed by atoms with Crippen molar-refractivity contribution in [2.45, 2.75) is 39.3 Å². The van der Waals surface area contributed by atoms with Crippen LogP contribution in [0.2, 0.25) is 0 Å². The summed E-state index contributed by atoms with van der Waals surface area (Å²) in [6, 6.07) is 9.82. The van der Waals surface area contributed by atoms with E-state index >= 15 is 0 Å². The number of nitrogens with one attached hydrogen (secondary N) is 2. The number of halogens is 1. The molecule has 0 aliphatic rings. The second kappa shape index (κ2) is 7.36. The predicted molar refractivity (Wildman–Crippen MR) is 100 cm³/mol. The molecule has 0 spiro atoms. The third kappa shape index (κ3) is 5.55. The molecule has 1 amide bonds. The van der Waals surface area contributed by atoms with E-state index in [1.165, 1.54) is 4.88 Å². The Morgan fingerprint density at radius 2 is 1.91 bits per heavy atom. The number of amides is 1. The van der Waals surface area contributed by atoms with Crippen molar-refractivity contribution in [2.75, 3.05) is 10.6 Å². The number of thiophene rings is 1. The molecule has 2 N–H and O–H groups in total. The van der Waals surface area contributed by atoms with Gasteiger partial charge < -0.3 is 10.1 Å². The summed E-state index contributed by atoms with van der Waals surface area (Å²) in [6.45, 7) is 7.61. The van der Waals surface area contributed by atoms with Crippen molar-refractivity contribution in [1.82, 2.24) is 0 Å². The van der Waals surface area contributed by atoms with Crippen LogP contribution in [0.15, 0.2) is 40.2 Å². The van der Waals surface area contributed by atoms with E-state index in [1.807, 2.05) is 45.0 Å². The Kier molecular flexibility index (Phi) is 5.70. The van der Waals surface area contributed by atoms with Crippen molar-refractivity contribution in [3.63, 3.8) is 0 Å². The molecule has 1 unspecified atom stereocenters. The van der Waals surface area contributed by atoms with Gasteiger partial charge in [0.25, 0.3) is 0 Å². The van der Waals surface area contributed by atoms with Gasteiger partial charge in [-0.2, -0.15) is 0 Å². The molecule has 2 aromatic rings. The highest BCUT2D eigenvalue weighted by atomic mass is 79.9. The first-order valence-corrected chi connectivity index (χ1v) is 9.01. The first kappa shape index (κ1) is 17.8. The van der Waals surface area contributed by atoms with Crippen LogP contribution in [0.3, 0.4) is 0 Å². The van der Waals surface area contributed by atoms with Crippen molar-refractivity contribution in [2.24, 2.45) is 0 Å². The standard InChI is InChI=1S/C17H21BrN2O2S/c1-11(15-9-12(18)10-23-15)19-13-7-5-6-8-14(13)20-16(21)22-17(2,3)4/h5-11,19H,1-4H3,(H,20,21). The average Bonchev–Trinajstić information content (AvgIpc) is 2.85. The lowest BCUT2D eigenvalue weighted by Crippen LogP contribution is -2.27. The molecule has 1 atom stereocenters. The van der Waals surface area contributed by atoms with Crippen molar-refractivity contribution in [3.05, 3.63) is 45.1 Å². The zero-order valence-corrected chi connectivity index (χ0v) is 16.0. The molecule has 23 heavy (non-hydrogen) atoms. The molecule has 0 radical (unpaired) electrons. The number of ether oxygens (including phenoxy) is 1. The van der Waals surface area contributed by atoms with Gasteiger partial charge in [-0.1, -0.05) is 12.1 Å². The van der Waals surface area contributed by atoms with E-state index in [-0.39, 0.29) is 6.04 Å². The smallest absolute Gasteiger partial charge is 0.412 e. The fourth-order valence-electron chi connectivity index (χ4n) is 1.99. The molecule has 1 aromatic heterocycles. The second-order valence-corrected chi connectivity index (χ2v) is 8.06. The van der Waals surface area contributed by atoms with E-state index in [2.05, 4.69) is 44.9 Å². The van der Waals surface area contributed by atoms with Gasteiger partial charge in [0.1, 0.15) is 5.60 Å². The van der Waals surface area contributed by atoms with Crippen LogP contribution in [0.5, 0.6) is 0 Å². The third-order valence-electron chi connectivity index (χ3n) is 2.95. The van der Waals surface area contributed by atoms with Crippen LogP contribution in [-0.4, -0.2) is 11.7 Å². The Balaban J connectivity index is 2.09. The molecular formula is C17H21BrN2O2S.